The van der Waals surface area contributed by atoms with Crippen molar-refractivity contribution in [2.24, 2.45) is 0 Å². The Balaban J connectivity index is 2.37. The van der Waals surface area contributed by atoms with Gasteiger partial charge in [0.1, 0.15) is 11.5 Å². The minimum atomic E-state index is -4.64. The van der Waals surface area contributed by atoms with E-state index in [1.165, 1.54) is 30.3 Å². The van der Waals surface area contributed by atoms with E-state index in [-0.39, 0.29) is 16.5 Å². The zero-order valence-corrected chi connectivity index (χ0v) is 11.2. The topological polar surface area (TPSA) is 59.0 Å². The summed E-state index contributed by atoms with van der Waals surface area (Å²) in [6, 6.07) is 8.94. The van der Waals surface area contributed by atoms with Crippen molar-refractivity contribution in [3.05, 3.63) is 52.5 Å². The molecule has 0 unspecified atom stereocenters. The number of nitrogen functional groups attached to an aromatic ring is 1. The van der Waals surface area contributed by atoms with Gasteiger partial charge in [0.05, 0.1) is 27.9 Å². The first kappa shape index (κ1) is 15.0. The molecule has 21 heavy (non-hydrogen) atoms. The van der Waals surface area contributed by atoms with Crippen molar-refractivity contribution in [1.29, 1.82) is 5.26 Å². The van der Waals surface area contributed by atoms with E-state index < -0.39 is 17.3 Å². The molecule has 0 bridgehead atoms. The van der Waals surface area contributed by atoms with Gasteiger partial charge in [0.15, 0.2) is 0 Å². The molecule has 2 aromatic rings. The largest absolute Gasteiger partial charge is 0.457 e. The quantitative estimate of drug-likeness (QED) is 0.824. The van der Waals surface area contributed by atoms with Crippen LogP contribution in [0, 0.1) is 11.3 Å². The minimum Gasteiger partial charge on any atom is -0.457 e. The van der Waals surface area contributed by atoms with Gasteiger partial charge < -0.3 is 10.5 Å². The van der Waals surface area contributed by atoms with E-state index in [0.717, 1.165) is 12.1 Å². The third kappa shape index (κ3) is 3.38. The zero-order valence-electron chi connectivity index (χ0n) is 10.4. The smallest absolute Gasteiger partial charge is 0.417 e. The molecule has 2 aromatic carbocycles. The fourth-order valence-electron chi connectivity index (χ4n) is 1.63. The summed E-state index contributed by atoms with van der Waals surface area (Å²) in [5.41, 5.74) is 4.34. The number of halogens is 4. The summed E-state index contributed by atoms with van der Waals surface area (Å²) < 4.78 is 43.8. The number of rotatable bonds is 2. The molecule has 0 amide bonds. The third-order valence-corrected chi connectivity index (χ3v) is 2.95. The van der Waals surface area contributed by atoms with Gasteiger partial charge in [0.25, 0.3) is 0 Å². The van der Waals surface area contributed by atoms with Crippen molar-refractivity contribution >= 4 is 17.3 Å². The van der Waals surface area contributed by atoms with E-state index in [4.69, 9.17) is 27.3 Å². The molecule has 2 rings (SSSR count). The molecule has 0 aliphatic carbocycles. The fourth-order valence-corrected chi connectivity index (χ4v) is 1.80. The van der Waals surface area contributed by atoms with Crippen LogP contribution in [-0.2, 0) is 6.18 Å². The van der Waals surface area contributed by atoms with Crippen LogP contribution in [0.4, 0.5) is 18.9 Å². The lowest BCUT2D eigenvalue weighted by Gasteiger charge is -2.12. The molecule has 0 aliphatic rings. The fraction of sp³-hybridized carbons (Fsp3) is 0.0714. The van der Waals surface area contributed by atoms with E-state index >= 15 is 0 Å². The van der Waals surface area contributed by atoms with Crippen LogP contribution < -0.4 is 10.5 Å². The molecule has 0 radical (unpaired) electrons. The Morgan fingerprint density at radius 3 is 2.29 bits per heavy atom. The SMILES string of the molecule is N#Cc1ccc(Oc2ccc(N)c(Cl)c2)cc1C(F)(F)F. The predicted octanol–water partition coefficient (Wildman–Crippen LogP) is 4.60. The lowest BCUT2D eigenvalue weighted by atomic mass is 10.1. The summed E-state index contributed by atoms with van der Waals surface area (Å²) >= 11 is 5.80. The van der Waals surface area contributed by atoms with E-state index in [9.17, 15) is 13.2 Å². The number of nitrogens with zero attached hydrogens (tertiary/aromatic N) is 1. The Bertz CT molecular complexity index is 723. The van der Waals surface area contributed by atoms with E-state index in [1.54, 1.807) is 0 Å². The zero-order chi connectivity index (χ0) is 15.6. The van der Waals surface area contributed by atoms with Gasteiger partial charge >= 0.3 is 6.18 Å². The number of alkyl halides is 3. The molecule has 0 saturated carbocycles. The van der Waals surface area contributed by atoms with Crippen LogP contribution in [0.5, 0.6) is 11.5 Å². The van der Waals surface area contributed by atoms with Crippen LogP contribution in [0.15, 0.2) is 36.4 Å². The van der Waals surface area contributed by atoms with Gasteiger partial charge in [-0.15, -0.1) is 0 Å². The van der Waals surface area contributed by atoms with Crippen molar-refractivity contribution in [3.63, 3.8) is 0 Å². The summed E-state index contributed by atoms with van der Waals surface area (Å²) in [4.78, 5) is 0. The van der Waals surface area contributed by atoms with Gasteiger partial charge in [-0.2, -0.15) is 18.4 Å². The van der Waals surface area contributed by atoms with Gasteiger partial charge in [-0.05, 0) is 30.3 Å². The first-order chi connectivity index (χ1) is 9.81. The van der Waals surface area contributed by atoms with E-state index in [1.807, 2.05) is 0 Å². The van der Waals surface area contributed by atoms with Crippen LogP contribution in [0.1, 0.15) is 11.1 Å². The number of ether oxygens (including phenoxy) is 1. The molecule has 0 heterocycles. The number of anilines is 1. The standard InChI is InChI=1S/C14H8ClF3N2O/c15-12-6-10(3-4-13(12)20)21-9-2-1-8(7-19)11(5-9)14(16,17)18/h1-6H,20H2. The molecule has 108 valence electrons. The van der Waals surface area contributed by atoms with Crippen LogP contribution >= 0.6 is 11.6 Å². The van der Waals surface area contributed by atoms with Crippen LogP contribution in [0.25, 0.3) is 0 Å². The maximum Gasteiger partial charge on any atom is 0.417 e. The lowest BCUT2D eigenvalue weighted by Crippen LogP contribution is -2.07. The highest BCUT2D eigenvalue weighted by atomic mass is 35.5. The van der Waals surface area contributed by atoms with Crippen LogP contribution in [-0.4, -0.2) is 0 Å². The highest BCUT2D eigenvalue weighted by Gasteiger charge is 2.34. The second-order valence-corrected chi connectivity index (χ2v) is 4.51. The third-order valence-electron chi connectivity index (χ3n) is 2.62. The summed E-state index contributed by atoms with van der Waals surface area (Å²) in [5, 5.41) is 8.94. The Morgan fingerprint density at radius 2 is 1.71 bits per heavy atom. The van der Waals surface area contributed by atoms with Crippen molar-refractivity contribution in [2.45, 2.75) is 6.18 Å². The van der Waals surface area contributed by atoms with E-state index in [0.29, 0.717) is 5.69 Å². The first-order valence-electron chi connectivity index (χ1n) is 5.65. The normalized spacial score (nSPS) is 11.0. The van der Waals surface area contributed by atoms with Crippen molar-refractivity contribution < 1.29 is 17.9 Å². The van der Waals surface area contributed by atoms with Crippen molar-refractivity contribution in [1.82, 2.24) is 0 Å². The minimum absolute atomic E-state index is 0.0536. The highest BCUT2D eigenvalue weighted by molar-refractivity contribution is 6.33. The average Bonchev–Trinajstić information content (AvgIpc) is 2.42. The molecule has 0 saturated heterocycles. The monoisotopic (exact) mass is 312 g/mol. The molecule has 0 fully saturated rings. The van der Waals surface area contributed by atoms with E-state index in [2.05, 4.69) is 0 Å². The Labute approximate surface area is 123 Å². The van der Waals surface area contributed by atoms with Crippen LogP contribution in [0.3, 0.4) is 0 Å². The van der Waals surface area contributed by atoms with Gasteiger partial charge in [0, 0.05) is 6.07 Å². The van der Waals surface area contributed by atoms with Gasteiger partial charge in [-0.25, -0.2) is 0 Å². The highest BCUT2D eigenvalue weighted by Crippen LogP contribution is 2.36. The summed E-state index contributed by atoms with van der Waals surface area (Å²) in [5.74, 6) is 0.189. The van der Waals surface area contributed by atoms with Gasteiger partial charge in [-0.1, -0.05) is 11.6 Å². The molecule has 0 spiro atoms. The lowest BCUT2D eigenvalue weighted by molar-refractivity contribution is -0.137. The number of hydrogen-bond acceptors (Lipinski definition) is 3. The molecule has 0 aliphatic heterocycles. The number of benzene rings is 2. The Morgan fingerprint density at radius 1 is 1.10 bits per heavy atom. The first-order valence-corrected chi connectivity index (χ1v) is 6.03. The summed E-state index contributed by atoms with van der Waals surface area (Å²) in [6.07, 6.45) is -4.64. The molecular weight excluding hydrogens is 305 g/mol. The second-order valence-electron chi connectivity index (χ2n) is 4.10. The Kier molecular flexibility index (Phi) is 3.96. The Hall–Kier alpha value is -2.39. The van der Waals surface area contributed by atoms with Gasteiger partial charge in [-0.3, -0.25) is 0 Å². The molecule has 3 nitrogen and oxygen atoms in total. The summed E-state index contributed by atoms with van der Waals surface area (Å²) in [6.45, 7) is 0. The van der Waals surface area contributed by atoms with Gasteiger partial charge in [0.2, 0.25) is 0 Å². The van der Waals surface area contributed by atoms with Crippen molar-refractivity contribution in [2.75, 3.05) is 5.73 Å². The second kappa shape index (κ2) is 5.54. The number of hydrogen-bond donors (Lipinski definition) is 1. The summed E-state index contributed by atoms with van der Waals surface area (Å²) in [7, 11) is 0. The average molecular weight is 313 g/mol. The number of nitrogens with two attached hydrogens (primary N) is 1. The maximum atomic E-state index is 12.8. The van der Waals surface area contributed by atoms with Crippen molar-refractivity contribution in [3.8, 4) is 17.6 Å². The number of nitriles is 1. The molecular formula is C14H8ClF3N2O. The molecule has 2 N–H and O–H groups in total. The predicted molar refractivity (Wildman–Crippen MR) is 72.1 cm³/mol. The molecule has 7 heteroatoms. The molecule has 0 atom stereocenters. The molecule has 0 aromatic heterocycles. The van der Waals surface area contributed by atoms with Crippen LogP contribution in [0.2, 0.25) is 5.02 Å². The maximum absolute atomic E-state index is 12.8.